The average molecular weight is 244 g/mol. The van der Waals surface area contributed by atoms with E-state index in [9.17, 15) is 4.79 Å². The van der Waals surface area contributed by atoms with E-state index < -0.39 is 0 Å². The van der Waals surface area contributed by atoms with E-state index in [2.05, 4.69) is 19.2 Å². The summed E-state index contributed by atoms with van der Waals surface area (Å²) >= 11 is 0. The lowest BCUT2D eigenvalue weighted by Gasteiger charge is -2.07. The zero-order valence-electron chi connectivity index (χ0n) is 10.4. The number of carbonyl (C=O) groups is 1. The molecule has 0 saturated carbocycles. The zero-order valence-corrected chi connectivity index (χ0v) is 10.4. The highest BCUT2D eigenvalue weighted by atomic mass is 16.4. The Morgan fingerprint density at radius 1 is 1.17 bits per heavy atom. The molecule has 1 heterocycles. The van der Waals surface area contributed by atoms with Crippen LogP contribution in [0.15, 0.2) is 40.8 Å². The topological polar surface area (TPSA) is 68.3 Å². The molecule has 0 aliphatic rings. The molecule has 0 bridgehead atoms. The van der Waals surface area contributed by atoms with E-state index >= 15 is 0 Å². The van der Waals surface area contributed by atoms with Crippen molar-refractivity contribution >= 4 is 17.5 Å². The molecule has 0 radical (unpaired) electrons. The number of nitrogens with two attached hydrogens (primary N) is 1. The van der Waals surface area contributed by atoms with Crippen molar-refractivity contribution in [3.63, 3.8) is 0 Å². The first kappa shape index (κ1) is 12.2. The molecular weight excluding hydrogens is 228 g/mol. The molecule has 18 heavy (non-hydrogen) atoms. The van der Waals surface area contributed by atoms with Crippen molar-refractivity contribution in [2.24, 2.45) is 0 Å². The van der Waals surface area contributed by atoms with Crippen LogP contribution in [-0.4, -0.2) is 5.91 Å². The normalized spacial score (nSPS) is 10.6. The molecule has 3 N–H and O–H groups in total. The van der Waals surface area contributed by atoms with Crippen LogP contribution in [0.4, 0.5) is 11.6 Å². The lowest BCUT2D eigenvalue weighted by Crippen LogP contribution is -2.10. The Hall–Kier alpha value is -2.23. The number of rotatable bonds is 3. The maximum absolute atomic E-state index is 11.8. The summed E-state index contributed by atoms with van der Waals surface area (Å²) in [7, 11) is 0. The first-order valence-electron chi connectivity index (χ1n) is 5.83. The van der Waals surface area contributed by atoms with Crippen molar-refractivity contribution < 1.29 is 9.21 Å². The number of carbonyl (C=O) groups excluding carboxylic acids is 1. The molecular formula is C14H16N2O2. The number of nitrogens with one attached hydrogen (secondary N) is 1. The molecule has 0 fully saturated rings. The fourth-order valence-electron chi connectivity index (χ4n) is 1.62. The third-order valence-corrected chi connectivity index (χ3v) is 2.69. The number of nitrogen functional groups attached to an aromatic ring is 1. The van der Waals surface area contributed by atoms with E-state index in [-0.39, 0.29) is 17.6 Å². The van der Waals surface area contributed by atoms with E-state index in [1.54, 1.807) is 12.1 Å². The first-order valence-corrected chi connectivity index (χ1v) is 5.83. The maximum Gasteiger partial charge on any atom is 0.291 e. The van der Waals surface area contributed by atoms with Crippen LogP contribution in [0, 0.1) is 0 Å². The lowest BCUT2D eigenvalue weighted by atomic mass is 10.0. The van der Waals surface area contributed by atoms with Crippen LogP contribution in [0.5, 0.6) is 0 Å². The van der Waals surface area contributed by atoms with Crippen LogP contribution in [0.1, 0.15) is 35.9 Å². The summed E-state index contributed by atoms with van der Waals surface area (Å²) in [6, 6.07) is 10.8. The highest BCUT2D eigenvalue weighted by Crippen LogP contribution is 2.18. The van der Waals surface area contributed by atoms with Crippen LogP contribution < -0.4 is 11.1 Å². The highest BCUT2D eigenvalue weighted by Gasteiger charge is 2.10. The Kier molecular flexibility index (Phi) is 3.37. The van der Waals surface area contributed by atoms with Gasteiger partial charge in [-0.3, -0.25) is 4.79 Å². The molecule has 0 saturated heterocycles. The summed E-state index contributed by atoms with van der Waals surface area (Å²) in [5.74, 6) is 0.611. The number of anilines is 2. The molecule has 1 amide bonds. The fraction of sp³-hybridized carbons (Fsp3) is 0.214. The van der Waals surface area contributed by atoms with Crippen molar-refractivity contribution in [1.29, 1.82) is 0 Å². The molecule has 2 rings (SSSR count). The number of benzene rings is 1. The van der Waals surface area contributed by atoms with Gasteiger partial charge in [-0.15, -0.1) is 0 Å². The molecule has 1 aromatic carbocycles. The second-order valence-electron chi connectivity index (χ2n) is 4.43. The van der Waals surface area contributed by atoms with Gasteiger partial charge >= 0.3 is 0 Å². The monoisotopic (exact) mass is 244 g/mol. The minimum atomic E-state index is -0.302. The summed E-state index contributed by atoms with van der Waals surface area (Å²) in [5, 5.41) is 2.75. The minimum absolute atomic E-state index is 0.209. The second kappa shape index (κ2) is 4.96. The quantitative estimate of drug-likeness (QED) is 0.870. The van der Waals surface area contributed by atoms with Gasteiger partial charge in [0.15, 0.2) is 11.6 Å². The van der Waals surface area contributed by atoms with Gasteiger partial charge in [0.05, 0.1) is 0 Å². The van der Waals surface area contributed by atoms with Gasteiger partial charge in [0.2, 0.25) is 0 Å². The Morgan fingerprint density at radius 2 is 1.83 bits per heavy atom. The predicted octanol–water partition coefficient (Wildman–Crippen LogP) is 3.24. The highest BCUT2D eigenvalue weighted by molar-refractivity contribution is 6.02. The smallest absolute Gasteiger partial charge is 0.291 e. The molecule has 0 spiro atoms. The average Bonchev–Trinajstić information content (AvgIpc) is 2.76. The predicted molar refractivity (Wildman–Crippen MR) is 71.6 cm³/mol. The lowest BCUT2D eigenvalue weighted by molar-refractivity contribution is 0.0997. The van der Waals surface area contributed by atoms with Gasteiger partial charge < -0.3 is 15.5 Å². The van der Waals surface area contributed by atoms with E-state index in [0.717, 1.165) is 5.69 Å². The van der Waals surface area contributed by atoms with Gasteiger partial charge in [-0.2, -0.15) is 0 Å². The van der Waals surface area contributed by atoms with Crippen molar-refractivity contribution in [2.75, 3.05) is 11.1 Å². The van der Waals surface area contributed by atoms with Crippen LogP contribution in [0.3, 0.4) is 0 Å². The zero-order chi connectivity index (χ0) is 13.1. The largest absolute Gasteiger partial charge is 0.436 e. The molecule has 4 heteroatoms. The summed E-state index contributed by atoms with van der Waals surface area (Å²) < 4.78 is 5.05. The molecule has 0 atom stereocenters. The van der Waals surface area contributed by atoms with Crippen LogP contribution in [0.25, 0.3) is 0 Å². The van der Waals surface area contributed by atoms with Gasteiger partial charge in [-0.25, -0.2) is 0 Å². The first-order chi connectivity index (χ1) is 8.56. The second-order valence-corrected chi connectivity index (χ2v) is 4.43. The van der Waals surface area contributed by atoms with E-state index in [1.807, 2.05) is 24.3 Å². The molecule has 94 valence electrons. The van der Waals surface area contributed by atoms with Crippen LogP contribution in [-0.2, 0) is 0 Å². The van der Waals surface area contributed by atoms with Gasteiger partial charge in [0.1, 0.15) is 0 Å². The standard InChI is InChI=1S/C14H16N2O2/c1-9(2)10-3-5-11(6-4-10)16-14(17)12-7-8-13(15)18-12/h3-9H,15H2,1-2H3,(H,16,17). The number of furan rings is 1. The van der Waals surface area contributed by atoms with Gasteiger partial charge in [0.25, 0.3) is 5.91 Å². The van der Waals surface area contributed by atoms with Gasteiger partial charge in [-0.05, 0) is 29.7 Å². The van der Waals surface area contributed by atoms with Gasteiger partial charge in [0, 0.05) is 11.8 Å². The number of hydrogen-bond donors (Lipinski definition) is 2. The Labute approximate surface area is 106 Å². The third-order valence-electron chi connectivity index (χ3n) is 2.69. The molecule has 1 aromatic heterocycles. The Morgan fingerprint density at radius 3 is 2.33 bits per heavy atom. The number of hydrogen-bond acceptors (Lipinski definition) is 3. The number of amides is 1. The molecule has 2 aromatic rings. The molecule has 0 aliphatic carbocycles. The summed E-state index contributed by atoms with van der Waals surface area (Å²) in [4.78, 5) is 11.8. The van der Waals surface area contributed by atoms with Crippen molar-refractivity contribution in [1.82, 2.24) is 0 Å². The third kappa shape index (κ3) is 2.71. The van der Waals surface area contributed by atoms with E-state index in [4.69, 9.17) is 10.2 Å². The SMILES string of the molecule is CC(C)c1ccc(NC(=O)c2ccc(N)o2)cc1. The van der Waals surface area contributed by atoms with Crippen molar-refractivity contribution in [2.45, 2.75) is 19.8 Å². The van der Waals surface area contributed by atoms with Crippen molar-refractivity contribution in [3.8, 4) is 0 Å². The van der Waals surface area contributed by atoms with E-state index in [1.165, 1.54) is 5.56 Å². The summed E-state index contributed by atoms with van der Waals surface area (Å²) in [5.41, 5.74) is 7.38. The maximum atomic E-state index is 11.8. The summed E-state index contributed by atoms with van der Waals surface area (Å²) in [6.45, 7) is 4.25. The molecule has 0 unspecified atom stereocenters. The van der Waals surface area contributed by atoms with Crippen molar-refractivity contribution in [3.05, 3.63) is 47.7 Å². The van der Waals surface area contributed by atoms with E-state index in [0.29, 0.717) is 5.92 Å². The molecule has 0 aliphatic heterocycles. The van der Waals surface area contributed by atoms with Gasteiger partial charge in [-0.1, -0.05) is 26.0 Å². The van der Waals surface area contributed by atoms with Crippen LogP contribution in [0.2, 0.25) is 0 Å². The minimum Gasteiger partial charge on any atom is -0.436 e. The Bertz CT molecular complexity index is 541. The summed E-state index contributed by atoms with van der Waals surface area (Å²) in [6.07, 6.45) is 0. The Balaban J connectivity index is 2.07. The molecule has 4 nitrogen and oxygen atoms in total. The van der Waals surface area contributed by atoms with Crippen LogP contribution >= 0.6 is 0 Å². The fourth-order valence-corrected chi connectivity index (χ4v) is 1.62.